The molecule has 9 atom stereocenters. The molecule has 0 spiro atoms. The monoisotopic (exact) mass is 642 g/mol. The molecule has 3 fully saturated rings. The van der Waals surface area contributed by atoms with Crippen LogP contribution in [0, 0.1) is 0 Å². The molecular weight excluding hydrogens is 617 g/mol. The maximum Gasteiger partial charge on any atom is 0.472 e. The molecule has 0 saturated carbocycles. The van der Waals surface area contributed by atoms with E-state index in [4.69, 9.17) is 34.5 Å². The summed E-state index contributed by atoms with van der Waals surface area (Å²) in [6.45, 7) is -0.598. The number of anilines is 2. The van der Waals surface area contributed by atoms with Crippen molar-refractivity contribution in [3.05, 3.63) is 25.3 Å². The fourth-order valence-electron chi connectivity index (χ4n) is 5.45. The molecule has 19 nitrogen and oxygen atoms in total. The average molecular weight is 642 g/mol. The highest BCUT2D eigenvalue weighted by atomic mass is 31.2. The summed E-state index contributed by atoms with van der Waals surface area (Å²) >= 11 is 0. The van der Waals surface area contributed by atoms with Crippen molar-refractivity contribution in [3.8, 4) is 0 Å². The SMILES string of the molecule is Nc1ncnc2c1ncn2[C@@H]1O[C@@H]2CCP(=O)(O)O[C@H]3C[C@H](n4cnc5c(N)ncnc54)O[C@@H]3COP(=O)(O)O[C@H]2[C@H]1F. The predicted molar refractivity (Wildman–Crippen MR) is 142 cm³/mol. The van der Waals surface area contributed by atoms with Crippen molar-refractivity contribution in [2.75, 3.05) is 24.2 Å². The molecule has 4 aromatic heterocycles. The summed E-state index contributed by atoms with van der Waals surface area (Å²) in [4.78, 5) is 45.6. The summed E-state index contributed by atoms with van der Waals surface area (Å²) in [6.07, 6.45) is -5.06. The number of phosphoric ester groups is 1. The molecule has 7 rings (SSSR count). The summed E-state index contributed by atoms with van der Waals surface area (Å²) < 4.78 is 72.8. The maximum atomic E-state index is 15.9. The summed E-state index contributed by atoms with van der Waals surface area (Å²) in [6, 6.07) is 0. The quantitative estimate of drug-likeness (QED) is 0.221. The van der Waals surface area contributed by atoms with Gasteiger partial charge in [-0.1, -0.05) is 0 Å². The van der Waals surface area contributed by atoms with E-state index in [0.29, 0.717) is 11.2 Å². The molecule has 3 saturated heterocycles. The standard InChI is InChI=1S/C21H25FN10O9P2/c22-13-16-9(39-21(13)32-8-30-15-18(24)26-6-28-20(15)32)1-2-42(33,34)40-10-3-12(38-11(10)4-37-43(35,36)41-16)31-7-29-14-17(23)25-5-27-19(14)31/h5-13,16,21H,1-4H2,(H,33,34)(H,35,36)(H2,23,25,27)(H2,24,26,28)/t9-,10+,11-,12-,13-,16-,21-/m1/s1. The van der Waals surface area contributed by atoms with Gasteiger partial charge in [0.1, 0.15) is 42.1 Å². The van der Waals surface area contributed by atoms with Gasteiger partial charge in [-0.3, -0.25) is 22.7 Å². The van der Waals surface area contributed by atoms with Crippen LogP contribution in [0.3, 0.4) is 0 Å². The molecule has 4 aromatic rings. The van der Waals surface area contributed by atoms with Crippen molar-refractivity contribution in [1.29, 1.82) is 0 Å². The van der Waals surface area contributed by atoms with Crippen LogP contribution < -0.4 is 11.5 Å². The Morgan fingerprint density at radius 3 is 2.21 bits per heavy atom. The number of aromatic nitrogens is 8. The number of phosphoric acid groups is 1. The minimum atomic E-state index is -4.93. The molecule has 2 unspecified atom stereocenters. The highest BCUT2D eigenvalue weighted by Gasteiger charge is 2.52. The lowest BCUT2D eigenvalue weighted by atomic mass is 10.1. The first-order valence-electron chi connectivity index (χ1n) is 13.0. The van der Waals surface area contributed by atoms with E-state index in [2.05, 4.69) is 29.9 Å². The van der Waals surface area contributed by atoms with Gasteiger partial charge in [-0.05, 0) is 6.42 Å². The van der Waals surface area contributed by atoms with Gasteiger partial charge in [0, 0.05) is 6.42 Å². The van der Waals surface area contributed by atoms with Crippen molar-refractivity contribution >= 4 is 49.4 Å². The van der Waals surface area contributed by atoms with Crippen LogP contribution in [0.25, 0.3) is 22.3 Å². The molecule has 0 radical (unpaired) electrons. The zero-order valence-corrected chi connectivity index (χ0v) is 23.7. The van der Waals surface area contributed by atoms with Gasteiger partial charge in [0.2, 0.25) is 0 Å². The van der Waals surface area contributed by atoms with E-state index in [0.717, 1.165) is 6.33 Å². The molecule has 3 aliphatic rings. The van der Waals surface area contributed by atoms with E-state index in [1.54, 1.807) is 0 Å². The first-order chi connectivity index (χ1) is 20.5. The number of nitrogen functional groups attached to an aromatic ring is 2. The summed E-state index contributed by atoms with van der Waals surface area (Å²) in [7, 11) is -9.27. The van der Waals surface area contributed by atoms with Gasteiger partial charge < -0.3 is 35.3 Å². The minimum absolute atomic E-state index is 0.0282. The van der Waals surface area contributed by atoms with Crippen LogP contribution in [0.15, 0.2) is 25.3 Å². The number of ether oxygens (including phenoxy) is 2. The topological polar surface area (TPSA) is 260 Å². The smallest absolute Gasteiger partial charge is 0.382 e. The molecule has 0 aromatic carbocycles. The molecule has 0 aliphatic carbocycles. The average Bonchev–Trinajstić information content (AvgIpc) is 3.72. The Bertz CT molecular complexity index is 1790. The molecule has 43 heavy (non-hydrogen) atoms. The van der Waals surface area contributed by atoms with E-state index in [1.165, 1.54) is 28.1 Å². The van der Waals surface area contributed by atoms with Crippen molar-refractivity contribution < 1.29 is 46.4 Å². The Hall–Kier alpha value is -3.19. The Kier molecular flexibility index (Phi) is 6.95. The minimum Gasteiger partial charge on any atom is -0.382 e. The van der Waals surface area contributed by atoms with Crippen molar-refractivity contribution in [1.82, 2.24) is 39.0 Å². The number of nitrogens with zero attached hydrogens (tertiary/aromatic N) is 8. The predicted octanol–water partition coefficient (Wildman–Crippen LogP) is 0.830. The van der Waals surface area contributed by atoms with Gasteiger partial charge in [0.15, 0.2) is 35.3 Å². The largest absolute Gasteiger partial charge is 0.472 e. The van der Waals surface area contributed by atoms with Crippen LogP contribution >= 0.6 is 15.4 Å². The van der Waals surface area contributed by atoms with Crippen molar-refractivity contribution in [3.63, 3.8) is 0 Å². The highest BCUT2D eigenvalue weighted by Crippen LogP contribution is 2.54. The third kappa shape index (κ3) is 5.17. The van der Waals surface area contributed by atoms with E-state index >= 15 is 4.39 Å². The third-order valence-corrected chi connectivity index (χ3v) is 9.87. The number of fused-ring (bicyclic) bond motifs is 4. The van der Waals surface area contributed by atoms with E-state index in [-0.39, 0.29) is 35.6 Å². The number of rotatable bonds is 2. The molecular formula is C21H25FN10O9P2. The van der Waals surface area contributed by atoms with Gasteiger partial charge in [-0.15, -0.1) is 0 Å². The molecule has 22 heteroatoms. The Labute approximate surface area is 240 Å². The first-order valence-corrected chi connectivity index (χ1v) is 16.2. The van der Waals surface area contributed by atoms with Gasteiger partial charge in [-0.25, -0.2) is 38.9 Å². The Balaban J connectivity index is 1.15. The Morgan fingerprint density at radius 2 is 1.51 bits per heavy atom. The number of halogens is 1. The van der Waals surface area contributed by atoms with Crippen LogP contribution in [-0.2, 0) is 32.2 Å². The van der Waals surface area contributed by atoms with Gasteiger partial charge in [0.05, 0.1) is 37.6 Å². The summed E-state index contributed by atoms with van der Waals surface area (Å²) in [5.74, 6) is 0.200. The second kappa shape index (κ2) is 10.5. The molecule has 3 aliphatic heterocycles. The van der Waals surface area contributed by atoms with Crippen LogP contribution in [0.2, 0.25) is 0 Å². The summed E-state index contributed by atoms with van der Waals surface area (Å²) in [5.41, 5.74) is 12.7. The highest BCUT2D eigenvalue weighted by molar-refractivity contribution is 7.52. The number of hydrogen-bond acceptors (Lipinski definition) is 15. The van der Waals surface area contributed by atoms with Gasteiger partial charge >= 0.3 is 15.4 Å². The molecule has 230 valence electrons. The lowest BCUT2D eigenvalue weighted by molar-refractivity contribution is -0.0493. The maximum absolute atomic E-state index is 15.9. The third-order valence-electron chi connectivity index (χ3n) is 7.46. The number of nitrogens with two attached hydrogens (primary N) is 2. The number of imidazole rings is 2. The summed E-state index contributed by atoms with van der Waals surface area (Å²) in [5, 5.41) is 0. The van der Waals surface area contributed by atoms with Crippen LogP contribution in [0.5, 0.6) is 0 Å². The number of alkyl halides is 1. The fraction of sp³-hybridized carbons (Fsp3) is 0.524. The zero-order valence-electron chi connectivity index (χ0n) is 21.9. The second-order valence-corrected chi connectivity index (χ2v) is 13.5. The Morgan fingerprint density at radius 1 is 0.860 bits per heavy atom. The van der Waals surface area contributed by atoms with Crippen LogP contribution in [0.1, 0.15) is 25.3 Å². The van der Waals surface area contributed by atoms with E-state index < -0.39 is 71.2 Å². The lowest BCUT2D eigenvalue weighted by Crippen LogP contribution is -2.34. The van der Waals surface area contributed by atoms with E-state index in [1.807, 2.05) is 0 Å². The van der Waals surface area contributed by atoms with Crippen molar-refractivity contribution in [2.45, 2.75) is 55.9 Å². The van der Waals surface area contributed by atoms with Crippen LogP contribution in [-0.4, -0.2) is 92.2 Å². The van der Waals surface area contributed by atoms with Gasteiger partial charge in [0.25, 0.3) is 0 Å². The van der Waals surface area contributed by atoms with E-state index in [9.17, 15) is 18.9 Å². The lowest BCUT2D eigenvalue weighted by Gasteiger charge is -2.27. The second-order valence-electron chi connectivity index (χ2n) is 10.2. The number of hydrogen-bond donors (Lipinski definition) is 4. The molecule has 7 heterocycles. The van der Waals surface area contributed by atoms with Gasteiger partial charge in [-0.2, -0.15) is 0 Å². The molecule has 0 amide bonds. The zero-order chi connectivity index (χ0) is 30.1. The van der Waals surface area contributed by atoms with Crippen molar-refractivity contribution in [2.24, 2.45) is 0 Å². The fourth-order valence-corrected chi connectivity index (χ4v) is 7.74. The first kappa shape index (κ1) is 28.6. The van der Waals surface area contributed by atoms with Crippen LogP contribution in [0.4, 0.5) is 16.0 Å². The molecule has 0 bridgehead atoms. The normalized spacial score (nSPS) is 37.1. The molecule has 6 N–H and O–H groups in total.